The molecule has 2 aromatic rings. The maximum absolute atomic E-state index is 10.5. The van der Waals surface area contributed by atoms with Gasteiger partial charge in [-0.1, -0.05) is 48.5 Å². The van der Waals surface area contributed by atoms with Crippen molar-refractivity contribution in [3.05, 3.63) is 66.2 Å². The summed E-state index contributed by atoms with van der Waals surface area (Å²) in [5.74, 6) is 0.763. The number of hydrogen-bond donors (Lipinski definition) is 1. The Kier molecular flexibility index (Phi) is 10.6. The summed E-state index contributed by atoms with van der Waals surface area (Å²) in [6, 6.07) is 19.9. The van der Waals surface area contributed by atoms with E-state index in [-0.39, 0.29) is 12.9 Å². The highest BCUT2D eigenvalue weighted by molar-refractivity contribution is 5.20. The van der Waals surface area contributed by atoms with Crippen molar-refractivity contribution in [2.45, 2.75) is 32.7 Å². The lowest BCUT2D eigenvalue weighted by Gasteiger charge is -2.29. The van der Waals surface area contributed by atoms with E-state index in [1.165, 1.54) is 5.56 Å². The maximum Gasteiger partial charge on any atom is 0.170 e. The van der Waals surface area contributed by atoms with Crippen molar-refractivity contribution in [2.75, 3.05) is 39.5 Å². The van der Waals surface area contributed by atoms with Crippen LogP contribution < -0.4 is 4.74 Å². The molecule has 2 rings (SSSR count). The van der Waals surface area contributed by atoms with E-state index in [2.05, 4.69) is 17.0 Å². The number of rotatable bonds is 14. The second-order valence-corrected chi connectivity index (χ2v) is 6.61. The predicted molar refractivity (Wildman–Crippen MR) is 112 cm³/mol. The smallest absolute Gasteiger partial charge is 0.170 e. The van der Waals surface area contributed by atoms with Crippen LogP contribution in [-0.4, -0.2) is 61.9 Å². The lowest BCUT2D eigenvalue weighted by molar-refractivity contribution is -0.149. The number of para-hydroxylation sites is 1. The monoisotopic (exact) mass is 387 g/mol. The van der Waals surface area contributed by atoms with Crippen molar-refractivity contribution in [3.8, 4) is 5.75 Å². The lowest BCUT2D eigenvalue weighted by atomic mass is 10.1. The third-order valence-corrected chi connectivity index (χ3v) is 4.33. The Labute approximate surface area is 168 Å². The normalized spacial score (nSPS) is 12.5. The number of aliphatic hydroxyl groups is 1. The molecule has 154 valence electrons. The molecule has 5 heteroatoms. The summed E-state index contributed by atoms with van der Waals surface area (Å²) in [5, 5.41) is 10.5. The zero-order valence-electron chi connectivity index (χ0n) is 17.0. The molecule has 0 radical (unpaired) electrons. The minimum atomic E-state index is -0.597. The zero-order valence-corrected chi connectivity index (χ0v) is 17.0. The summed E-state index contributed by atoms with van der Waals surface area (Å²) < 4.78 is 17.1. The van der Waals surface area contributed by atoms with Crippen molar-refractivity contribution in [2.24, 2.45) is 0 Å². The molecule has 1 unspecified atom stereocenters. The molecule has 0 fully saturated rings. The average molecular weight is 388 g/mol. The first-order valence-electron chi connectivity index (χ1n) is 10.1. The van der Waals surface area contributed by atoms with E-state index in [1.807, 2.05) is 62.4 Å². The van der Waals surface area contributed by atoms with Crippen molar-refractivity contribution in [1.29, 1.82) is 0 Å². The van der Waals surface area contributed by atoms with Gasteiger partial charge >= 0.3 is 0 Å². The topological polar surface area (TPSA) is 51.2 Å². The van der Waals surface area contributed by atoms with Gasteiger partial charge in [0.1, 0.15) is 18.5 Å². The third kappa shape index (κ3) is 8.85. The summed E-state index contributed by atoms with van der Waals surface area (Å²) in [6.07, 6.45) is 0.00540. The molecule has 0 aliphatic heterocycles. The second kappa shape index (κ2) is 13.3. The number of benzene rings is 2. The van der Waals surface area contributed by atoms with Crippen LogP contribution in [0.2, 0.25) is 0 Å². The molecule has 5 nitrogen and oxygen atoms in total. The van der Waals surface area contributed by atoms with Gasteiger partial charge in [-0.15, -0.1) is 0 Å². The van der Waals surface area contributed by atoms with Crippen LogP contribution in [0.15, 0.2) is 60.7 Å². The average Bonchev–Trinajstić information content (AvgIpc) is 2.72. The minimum absolute atomic E-state index is 0.250. The number of nitrogens with zero attached hydrogens (tertiary/aromatic N) is 1. The van der Waals surface area contributed by atoms with Gasteiger partial charge in [0.15, 0.2) is 6.29 Å². The number of ether oxygens (including phenoxy) is 3. The van der Waals surface area contributed by atoms with Gasteiger partial charge in [0.25, 0.3) is 0 Å². The molecule has 0 aliphatic rings. The fourth-order valence-corrected chi connectivity index (χ4v) is 2.99. The van der Waals surface area contributed by atoms with Crippen LogP contribution in [-0.2, 0) is 15.9 Å². The van der Waals surface area contributed by atoms with Gasteiger partial charge in [-0.25, -0.2) is 0 Å². The number of aliphatic hydroxyl groups excluding tert-OH is 1. The minimum Gasteiger partial charge on any atom is -0.491 e. The van der Waals surface area contributed by atoms with Crippen LogP contribution in [0.3, 0.4) is 0 Å². The molecular weight excluding hydrogens is 354 g/mol. The molecule has 0 saturated carbocycles. The molecule has 1 N–H and O–H groups in total. The summed E-state index contributed by atoms with van der Waals surface area (Å²) >= 11 is 0. The molecule has 0 aliphatic carbocycles. The van der Waals surface area contributed by atoms with Crippen molar-refractivity contribution >= 4 is 0 Å². The largest absolute Gasteiger partial charge is 0.491 e. The highest BCUT2D eigenvalue weighted by Gasteiger charge is 2.18. The van der Waals surface area contributed by atoms with E-state index in [1.54, 1.807) is 0 Å². The van der Waals surface area contributed by atoms with Gasteiger partial charge in [-0.05, 0) is 38.0 Å². The Morgan fingerprint density at radius 1 is 0.857 bits per heavy atom. The summed E-state index contributed by atoms with van der Waals surface area (Å²) in [6.45, 7) is 7.27. The van der Waals surface area contributed by atoms with E-state index in [0.29, 0.717) is 26.3 Å². The summed E-state index contributed by atoms with van der Waals surface area (Å²) in [4.78, 5) is 2.18. The van der Waals surface area contributed by atoms with Crippen LogP contribution in [0, 0.1) is 0 Å². The molecule has 1 atom stereocenters. The van der Waals surface area contributed by atoms with Gasteiger partial charge in [0, 0.05) is 32.8 Å². The zero-order chi connectivity index (χ0) is 20.0. The fourth-order valence-electron chi connectivity index (χ4n) is 2.99. The quantitative estimate of drug-likeness (QED) is 0.504. The Morgan fingerprint density at radius 2 is 1.46 bits per heavy atom. The molecular formula is C23H33NO4. The van der Waals surface area contributed by atoms with E-state index in [9.17, 15) is 5.11 Å². The SMILES string of the molecule is CCOC(CN(CCc1ccccc1)CC(O)COc1ccccc1)OCC. The molecule has 0 amide bonds. The van der Waals surface area contributed by atoms with E-state index >= 15 is 0 Å². The van der Waals surface area contributed by atoms with Gasteiger partial charge in [0.2, 0.25) is 0 Å². The first kappa shape index (κ1) is 22.4. The Morgan fingerprint density at radius 3 is 2.07 bits per heavy atom. The van der Waals surface area contributed by atoms with Crippen molar-refractivity contribution in [1.82, 2.24) is 4.90 Å². The first-order valence-corrected chi connectivity index (χ1v) is 10.1. The van der Waals surface area contributed by atoms with Gasteiger partial charge in [-0.2, -0.15) is 0 Å². The Bertz CT molecular complexity index is 617. The summed E-state index contributed by atoms with van der Waals surface area (Å²) in [7, 11) is 0. The van der Waals surface area contributed by atoms with Gasteiger partial charge in [0.05, 0.1) is 0 Å². The Balaban J connectivity index is 1.90. The molecule has 0 heterocycles. The van der Waals surface area contributed by atoms with Crippen LogP contribution in [0.5, 0.6) is 5.75 Å². The van der Waals surface area contributed by atoms with E-state index in [0.717, 1.165) is 18.7 Å². The van der Waals surface area contributed by atoms with Crippen LogP contribution in [0.1, 0.15) is 19.4 Å². The molecule has 0 aromatic heterocycles. The first-order chi connectivity index (χ1) is 13.7. The summed E-state index contributed by atoms with van der Waals surface area (Å²) in [5.41, 5.74) is 1.27. The van der Waals surface area contributed by atoms with Crippen LogP contribution in [0.4, 0.5) is 0 Å². The molecule has 2 aromatic carbocycles. The van der Waals surface area contributed by atoms with E-state index in [4.69, 9.17) is 14.2 Å². The molecule has 0 saturated heterocycles. The highest BCUT2D eigenvalue weighted by Crippen LogP contribution is 2.10. The third-order valence-electron chi connectivity index (χ3n) is 4.33. The lowest BCUT2D eigenvalue weighted by Crippen LogP contribution is -2.42. The predicted octanol–water partition coefficient (Wildman–Crippen LogP) is 3.37. The van der Waals surface area contributed by atoms with Crippen molar-refractivity contribution < 1.29 is 19.3 Å². The molecule has 0 bridgehead atoms. The molecule has 28 heavy (non-hydrogen) atoms. The van der Waals surface area contributed by atoms with Crippen LogP contribution in [0.25, 0.3) is 0 Å². The van der Waals surface area contributed by atoms with Crippen molar-refractivity contribution in [3.63, 3.8) is 0 Å². The Hall–Kier alpha value is -1.92. The second-order valence-electron chi connectivity index (χ2n) is 6.61. The fraction of sp³-hybridized carbons (Fsp3) is 0.478. The highest BCUT2D eigenvalue weighted by atomic mass is 16.7. The standard InChI is InChI=1S/C23H33NO4/c1-3-26-23(27-4-2)18-24(16-15-20-11-7-5-8-12-20)17-21(25)19-28-22-13-9-6-10-14-22/h5-14,21,23,25H,3-4,15-19H2,1-2H3. The maximum atomic E-state index is 10.5. The van der Waals surface area contributed by atoms with E-state index < -0.39 is 6.10 Å². The van der Waals surface area contributed by atoms with Gasteiger partial charge in [-0.3, -0.25) is 4.90 Å². The van der Waals surface area contributed by atoms with Gasteiger partial charge < -0.3 is 19.3 Å². The number of hydrogen-bond acceptors (Lipinski definition) is 5. The molecule has 0 spiro atoms. The van der Waals surface area contributed by atoms with Crippen LogP contribution >= 0.6 is 0 Å².